The fraction of sp³-hybridized carbons (Fsp3) is 0.333. The lowest BCUT2D eigenvalue weighted by Gasteiger charge is -2.16. The van der Waals surface area contributed by atoms with Gasteiger partial charge in [-0.05, 0) is 37.1 Å². The summed E-state index contributed by atoms with van der Waals surface area (Å²) in [5.74, 6) is 0.558. The minimum absolute atomic E-state index is 0.142. The Labute approximate surface area is 203 Å². The maximum atomic E-state index is 13.6. The maximum Gasteiger partial charge on any atom is 0.332 e. The van der Waals surface area contributed by atoms with E-state index < -0.39 is 17.2 Å². The van der Waals surface area contributed by atoms with Gasteiger partial charge in [-0.2, -0.15) is 0 Å². The summed E-state index contributed by atoms with van der Waals surface area (Å²) in [5, 5.41) is 3.45. The van der Waals surface area contributed by atoms with Gasteiger partial charge in [-0.1, -0.05) is 0 Å². The van der Waals surface area contributed by atoms with E-state index in [9.17, 15) is 14.4 Å². The Morgan fingerprint density at radius 1 is 1.23 bits per heavy atom. The van der Waals surface area contributed by atoms with Gasteiger partial charge in [0.2, 0.25) is 5.91 Å². The van der Waals surface area contributed by atoms with Crippen molar-refractivity contribution in [1.29, 1.82) is 0 Å². The minimum Gasteiger partial charge on any atom is -0.497 e. The fourth-order valence-corrected chi connectivity index (χ4v) is 5.41. The lowest BCUT2D eigenvalue weighted by atomic mass is 10.2. The molecule has 0 saturated carbocycles. The van der Waals surface area contributed by atoms with Crippen LogP contribution in [-0.4, -0.2) is 47.0 Å². The number of hydrogen-bond acceptors (Lipinski definition) is 8. The van der Waals surface area contributed by atoms with Crippen LogP contribution in [0.5, 0.6) is 11.5 Å². The van der Waals surface area contributed by atoms with Crippen molar-refractivity contribution in [3.63, 3.8) is 0 Å². The van der Waals surface area contributed by atoms with Crippen LogP contribution >= 0.6 is 11.3 Å². The molecule has 0 spiro atoms. The number of ether oxygens (including phenoxy) is 3. The van der Waals surface area contributed by atoms with E-state index in [0.717, 1.165) is 12.8 Å². The van der Waals surface area contributed by atoms with Crippen LogP contribution in [-0.2, 0) is 22.6 Å². The number of hydrogen-bond donors (Lipinski definition) is 1. The van der Waals surface area contributed by atoms with Crippen molar-refractivity contribution >= 4 is 43.4 Å². The van der Waals surface area contributed by atoms with Crippen LogP contribution < -0.4 is 26.0 Å². The predicted octanol–water partition coefficient (Wildman–Crippen LogP) is 2.61. The molecule has 182 valence electrons. The van der Waals surface area contributed by atoms with Gasteiger partial charge in [-0.3, -0.25) is 18.7 Å². The first-order valence-corrected chi connectivity index (χ1v) is 12.0. The highest BCUT2D eigenvalue weighted by Gasteiger charge is 2.24. The van der Waals surface area contributed by atoms with Gasteiger partial charge >= 0.3 is 5.69 Å². The number of nitrogens with zero attached hydrogens (tertiary/aromatic N) is 3. The zero-order chi connectivity index (χ0) is 24.5. The van der Waals surface area contributed by atoms with Crippen molar-refractivity contribution in [3.05, 3.63) is 57.4 Å². The first-order chi connectivity index (χ1) is 17.0. The SMILES string of the molecule is COc1ccc(NC(=O)Cn2c(=O)n(CC3CCCO3)c(=O)c3sc4ncccc4c32)c(OC)c1. The Morgan fingerprint density at radius 3 is 2.83 bits per heavy atom. The molecule has 4 heterocycles. The molecule has 0 radical (unpaired) electrons. The van der Waals surface area contributed by atoms with Crippen LogP contribution in [0.2, 0.25) is 0 Å². The van der Waals surface area contributed by atoms with E-state index in [-0.39, 0.29) is 19.2 Å². The van der Waals surface area contributed by atoms with E-state index in [1.165, 1.54) is 34.7 Å². The van der Waals surface area contributed by atoms with Crippen LogP contribution in [0, 0.1) is 0 Å². The highest BCUT2D eigenvalue weighted by atomic mass is 32.1. The molecule has 0 aliphatic carbocycles. The van der Waals surface area contributed by atoms with E-state index in [1.54, 1.807) is 36.5 Å². The third kappa shape index (κ3) is 4.28. The standard InChI is InChI=1S/C24H24N4O6S/c1-32-14-7-8-17(18(11-14)33-2)26-19(29)13-27-20-16-6-3-9-25-22(16)35-21(20)23(30)28(24(27)31)12-15-5-4-10-34-15/h3,6-9,11,15H,4-5,10,12-13H2,1-2H3,(H,26,29). The van der Waals surface area contributed by atoms with E-state index in [1.807, 2.05) is 0 Å². The molecular formula is C24H24N4O6S. The van der Waals surface area contributed by atoms with Crippen LogP contribution in [0.3, 0.4) is 0 Å². The van der Waals surface area contributed by atoms with E-state index >= 15 is 0 Å². The Balaban J connectivity index is 1.58. The summed E-state index contributed by atoms with van der Waals surface area (Å²) in [6, 6.07) is 8.55. The van der Waals surface area contributed by atoms with Gasteiger partial charge in [-0.15, -0.1) is 11.3 Å². The van der Waals surface area contributed by atoms with Crippen LogP contribution in [0.25, 0.3) is 20.4 Å². The van der Waals surface area contributed by atoms with Crippen molar-refractivity contribution in [2.45, 2.75) is 32.0 Å². The number of nitrogens with one attached hydrogen (secondary N) is 1. The normalized spacial score (nSPS) is 15.5. The Hall–Kier alpha value is -3.70. The number of aromatic nitrogens is 3. The molecule has 1 atom stereocenters. The molecule has 1 amide bonds. The van der Waals surface area contributed by atoms with Gasteiger partial charge in [0, 0.05) is 24.3 Å². The van der Waals surface area contributed by atoms with Crippen molar-refractivity contribution in [3.8, 4) is 11.5 Å². The average Bonchev–Trinajstić information content (AvgIpc) is 3.52. The Bertz CT molecular complexity index is 1530. The minimum atomic E-state index is -0.557. The second kappa shape index (κ2) is 9.51. The molecular weight excluding hydrogens is 472 g/mol. The lowest BCUT2D eigenvalue weighted by molar-refractivity contribution is -0.116. The average molecular weight is 497 g/mol. The van der Waals surface area contributed by atoms with Crippen LogP contribution in [0.1, 0.15) is 12.8 Å². The number of pyridine rings is 1. The van der Waals surface area contributed by atoms with Crippen molar-refractivity contribution in [1.82, 2.24) is 14.1 Å². The monoisotopic (exact) mass is 496 g/mol. The van der Waals surface area contributed by atoms with Crippen molar-refractivity contribution in [2.75, 3.05) is 26.1 Å². The van der Waals surface area contributed by atoms with Crippen molar-refractivity contribution < 1.29 is 19.0 Å². The molecule has 5 rings (SSSR count). The second-order valence-corrected chi connectivity index (χ2v) is 9.17. The number of fused-ring (bicyclic) bond motifs is 3. The van der Waals surface area contributed by atoms with Gasteiger partial charge < -0.3 is 19.5 Å². The zero-order valence-electron chi connectivity index (χ0n) is 19.3. The molecule has 1 aliphatic heterocycles. The smallest absolute Gasteiger partial charge is 0.332 e. The summed E-state index contributed by atoms with van der Waals surface area (Å²) in [5.41, 5.74) is -0.101. The molecule has 11 heteroatoms. The maximum absolute atomic E-state index is 13.6. The topological polar surface area (TPSA) is 114 Å². The van der Waals surface area contributed by atoms with E-state index in [4.69, 9.17) is 14.2 Å². The van der Waals surface area contributed by atoms with Crippen molar-refractivity contribution in [2.24, 2.45) is 0 Å². The van der Waals surface area contributed by atoms with E-state index in [2.05, 4.69) is 10.3 Å². The molecule has 1 unspecified atom stereocenters. The summed E-state index contributed by atoms with van der Waals surface area (Å²) in [6.45, 7) is 0.453. The molecule has 10 nitrogen and oxygen atoms in total. The summed E-state index contributed by atoms with van der Waals surface area (Å²) >= 11 is 1.21. The molecule has 1 aromatic carbocycles. The number of carbonyl (C=O) groups excluding carboxylic acids is 1. The van der Waals surface area contributed by atoms with E-state index in [0.29, 0.717) is 44.2 Å². The third-order valence-electron chi connectivity index (χ3n) is 6.01. The number of methoxy groups -OCH3 is 2. The molecule has 1 saturated heterocycles. The number of benzene rings is 1. The second-order valence-electron chi connectivity index (χ2n) is 8.17. The molecule has 1 aliphatic rings. The van der Waals surface area contributed by atoms with Gasteiger partial charge in [-0.25, -0.2) is 9.78 Å². The molecule has 1 fully saturated rings. The Kier molecular flexibility index (Phi) is 6.27. The molecule has 3 aromatic heterocycles. The number of thiophene rings is 1. The highest BCUT2D eigenvalue weighted by molar-refractivity contribution is 7.25. The van der Waals surface area contributed by atoms with Gasteiger partial charge in [0.25, 0.3) is 5.56 Å². The van der Waals surface area contributed by atoms with Gasteiger partial charge in [0.15, 0.2) is 0 Å². The molecule has 4 aromatic rings. The molecule has 1 N–H and O–H groups in total. The van der Waals surface area contributed by atoms with Gasteiger partial charge in [0.05, 0.1) is 38.1 Å². The Morgan fingerprint density at radius 2 is 2.09 bits per heavy atom. The van der Waals surface area contributed by atoms with Crippen LogP contribution in [0.4, 0.5) is 5.69 Å². The first kappa shape index (κ1) is 23.1. The summed E-state index contributed by atoms with van der Waals surface area (Å²) in [7, 11) is 3.03. The first-order valence-electron chi connectivity index (χ1n) is 11.1. The highest BCUT2D eigenvalue weighted by Crippen LogP contribution is 2.31. The molecule has 0 bridgehead atoms. The zero-order valence-corrected chi connectivity index (χ0v) is 20.1. The number of amides is 1. The quantitative estimate of drug-likeness (QED) is 0.418. The largest absolute Gasteiger partial charge is 0.497 e. The fourth-order valence-electron chi connectivity index (χ4n) is 4.32. The number of rotatable bonds is 7. The predicted molar refractivity (Wildman–Crippen MR) is 133 cm³/mol. The summed E-state index contributed by atoms with van der Waals surface area (Å²) in [4.78, 5) is 45.0. The lowest BCUT2D eigenvalue weighted by Crippen LogP contribution is -2.43. The summed E-state index contributed by atoms with van der Waals surface area (Å²) < 4.78 is 19.1. The number of anilines is 1. The van der Waals surface area contributed by atoms with Gasteiger partial charge in [0.1, 0.15) is 27.6 Å². The van der Waals surface area contributed by atoms with Crippen LogP contribution in [0.15, 0.2) is 46.1 Å². The molecule has 35 heavy (non-hydrogen) atoms. The third-order valence-corrected chi connectivity index (χ3v) is 7.10. The number of carbonyl (C=O) groups is 1. The summed E-state index contributed by atoms with van der Waals surface area (Å²) in [6.07, 6.45) is 3.08.